The molecule has 0 aliphatic carbocycles. The van der Waals surface area contributed by atoms with Gasteiger partial charge in [0.1, 0.15) is 0 Å². The summed E-state index contributed by atoms with van der Waals surface area (Å²) in [5.41, 5.74) is 10.4. The molecule has 0 radical (unpaired) electrons. The molecule has 0 saturated heterocycles. The average Bonchev–Trinajstić information content (AvgIpc) is 4.22. The Morgan fingerprint density at radius 2 is 0.687 bits per heavy atom. The summed E-state index contributed by atoms with van der Waals surface area (Å²) in [7, 11) is -3.08. The van der Waals surface area contributed by atoms with Crippen LogP contribution in [0.3, 0.4) is 0 Å². The normalized spacial score (nSPS) is 11.9. The first kappa shape index (κ1) is 48.7. The summed E-state index contributed by atoms with van der Waals surface area (Å²) in [4.78, 5) is 20.2. The first-order chi connectivity index (χ1) is 41.1. The molecule has 0 aliphatic heterocycles. The van der Waals surface area contributed by atoms with Crippen LogP contribution in [0.15, 0.2) is 285 Å². The van der Waals surface area contributed by atoms with E-state index in [1.54, 1.807) is 0 Å². The van der Waals surface area contributed by atoms with Crippen LogP contribution in [0.5, 0.6) is 0 Å². The van der Waals surface area contributed by atoms with Gasteiger partial charge in [-0.3, -0.25) is 9.97 Å². The van der Waals surface area contributed by atoms with Crippen molar-refractivity contribution in [2.24, 2.45) is 0 Å². The van der Waals surface area contributed by atoms with E-state index in [4.69, 9.17) is 19.9 Å². The predicted molar refractivity (Wildman–Crippen MR) is 353 cm³/mol. The van der Waals surface area contributed by atoms with E-state index in [-0.39, 0.29) is 0 Å². The number of hydrogen-bond acceptors (Lipinski definition) is 6. The van der Waals surface area contributed by atoms with E-state index < -0.39 is 7.14 Å². The van der Waals surface area contributed by atoms with Gasteiger partial charge in [0.15, 0.2) is 7.14 Å². The zero-order chi connectivity index (χ0) is 55.0. The van der Waals surface area contributed by atoms with Gasteiger partial charge in [0.2, 0.25) is 0 Å². The second-order valence-electron chi connectivity index (χ2n) is 21.0. The number of pyridine rings is 4. The van der Waals surface area contributed by atoms with Crippen LogP contribution in [0, 0.1) is 0 Å². The van der Waals surface area contributed by atoms with Gasteiger partial charge in [0, 0.05) is 113 Å². The molecule has 0 saturated carbocycles. The molecule has 17 aromatic rings. The summed E-state index contributed by atoms with van der Waals surface area (Å²) in [5, 5.41) is 18.9. The zero-order valence-electron chi connectivity index (χ0n) is 44.7. The molecule has 0 aliphatic rings. The lowest BCUT2D eigenvalue weighted by Gasteiger charge is -2.20. The summed E-state index contributed by atoms with van der Waals surface area (Å²) in [5.74, 6) is 0. The van der Waals surface area contributed by atoms with E-state index in [0.717, 1.165) is 98.2 Å². The van der Waals surface area contributed by atoms with Gasteiger partial charge in [-0.15, -0.1) is 11.3 Å². The second kappa shape index (κ2) is 19.8. The number of aromatic nitrogens is 4. The molecule has 0 fully saturated rings. The number of fused-ring (bicyclic) bond motifs is 19. The molecule has 0 unspecified atom stereocenters. The van der Waals surface area contributed by atoms with Crippen molar-refractivity contribution >= 4 is 141 Å². The summed E-state index contributed by atoms with van der Waals surface area (Å²) < 4.78 is 17.6. The molecule has 7 heteroatoms. The molecule has 0 atom stereocenters. The highest BCUT2D eigenvalue weighted by molar-refractivity contribution is 7.85. The maximum absolute atomic E-state index is 15.0. The van der Waals surface area contributed by atoms with Gasteiger partial charge >= 0.3 is 0 Å². The zero-order valence-corrected chi connectivity index (χ0v) is 46.4. The fourth-order valence-electron chi connectivity index (χ4n) is 12.7. The van der Waals surface area contributed by atoms with Crippen molar-refractivity contribution in [3.8, 4) is 33.6 Å². The van der Waals surface area contributed by atoms with Crippen LogP contribution in [-0.4, -0.2) is 19.9 Å². The lowest BCUT2D eigenvalue weighted by molar-refractivity contribution is 0.592. The fourth-order valence-corrected chi connectivity index (χ4v) is 16.6. The smallest absolute Gasteiger partial charge is 0.171 e. The van der Waals surface area contributed by atoms with E-state index in [0.29, 0.717) is 0 Å². The third-order valence-corrected chi connectivity index (χ3v) is 20.8. The highest BCUT2D eigenvalue weighted by Gasteiger charge is 2.30. The highest BCUT2D eigenvalue weighted by Crippen LogP contribution is 2.47. The van der Waals surface area contributed by atoms with Gasteiger partial charge in [-0.1, -0.05) is 243 Å². The van der Waals surface area contributed by atoms with E-state index in [1.807, 2.05) is 115 Å². The van der Waals surface area contributed by atoms with Crippen LogP contribution in [0.25, 0.3) is 141 Å². The topological polar surface area (TPSA) is 68.6 Å². The van der Waals surface area contributed by atoms with Crippen LogP contribution in [0.4, 0.5) is 0 Å². The van der Waals surface area contributed by atoms with Crippen LogP contribution >= 0.6 is 18.5 Å². The van der Waals surface area contributed by atoms with E-state index in [2.05, 4.69) is 182 Å². The minimum atomic E-state index is -3.08. The lowest BCUT2D eigenvalue weighted by atomic mass is 9.91. The van der Waals surface area contributed by atoms with E-state index in [1.165, 1.54) is 58.2 Å². The van der Waals surface area contributed by atoms with Crippen molar-refractivity contribution in [2.45, 2.75) is 0 Å². The molecule has 0 amide bonds. The van der Waals surface area contributed by atoms with Crippen molar-refractivity contribution in [3.05, 3.63) is 285 Å². The lowest BCUT2D eigenvalue weighted by Crippen LogP contribution is -2.24. The molecule has 0 N–H and O–H groups in total. The van der Waals surface area contributed by atoms with Crippen LogP contribution < -0.4 is 15.9 Å². The van der Waals surface area contributed by atoms with Gasteiger partial charge < -0.3 is 4.57 Å². The summed E-state index contributed by atoms with van der Waals surface area (Å²) in [6.07, 6.45) is 3.74. The molecule has 0 bridgehead atoms. The molecule has 17 rings (SSSR count). The first-order valence-corrected chi connectivity index (χ1v) is 30.4. The third-order valence-electron chi connectivity index (χ3n) is 16.5. The SMILES string of the molecule is O=P(c1ccccc1)(c1ccccc1)c1ccc(-c2nc3ccccc3c3c4ccccc4c4ncccc4c23)cc1.c1ccc2c(c1)nc(-c1ccc(-c3cccc4c3sc3ccccc34)cc1)c1c3cccnc3c3ccccc3c21. The molecule has 388 valence electrons. The van der Waals surface area contributed by atoms with Gasteiger partial charge in [0.25, 0.3) is 0 Å². The standard InChI is InChI=1S/C38H25N2OP.C38H22N2S/c41-42(27-12-3-1-4-13-27,28-14-5-2-6-15-28)29-23-21-26(22-24-29)37-36-33-19-11-25-39-38(33)31-17-8-7-16-30(31)35(36)32-18-9-10-20-34(32)40-37;1-2-11-28-27(10-1)34-30-12-3-5-16-32(30)40-36(35(34)31-15-8-22-39-37(28)31)24-20-18-23(19-21-24)25-13-7-14-29-26-9-4-6-17-33(26)41-38(25)29/h1-25H;1-22H. The Kier molecular flexibility index (Phi) is 11.6. The number of para-hydroxylation sites is 2. The van der Waals surface area contributed by atoms with Crippen LogP contribution in [0.2, 0.25) is 0 Å². The van der Waals surface area contributed by atoms with Gasteiger partial charge in [-0.25, -0.2) is 9.97 Å². The van der Waals surface area contributed by atoms with Crippen molar-refractivity contribution in [2.75, 3.05) is 0 Å². The van der Waals surface area contributed by atoms with E-state index >= 15 is 0 Å². The Morgan fingerprint density at radius 3 is 1.22 bits per heavy atom. The average molecular weight is 1100 g/mol. The van der Waals surface area contributed by atoms with Crippen LogP contribution in [0.1, 0.15) is 0 Å². The molecule has 0 spiro atoms. The van der Waals surface area contributed by atoms with Crippen molar-refractivity contribution in [1.29, 1.82) is 0 Å². The van der Waals surface area contributed by atoms with Gasteiger partial charge in [-0.2, -0.15) is 0 Å². The molecular formula is C76H47N4OPS. The molecule has 12 aromatic carbocycles. The molecule has 5 heterocycles. The maximum atomic E-state index is 15.0. The Balaban J connectivity index is 0.000000136. The van der Waals surface area contributed by atoms with Crippen LogP contribution in [-0.2, 0) is 4.57 Å². The minimum absolute atomic E-state index is 0.797. The number of benzene rings is 12. The molecular weight excluding hydrogens is 1050 g/mol. The maximum Gasteiger partial charge on any atom is 0.171 e. The summed E-state index contributed by atoms with van der Waals surface area (Å²) in [6, 6.07) is 94.4. The minimum Gasteiger partial charge on any atom is -0.309 e. The Labute approximate surface area is 481 Å². The summed E-state index contributed by atoms with van der Waals surface area (Å²) >= 11 is 1.87. The second-order valence-corrected chi connectivity index (χ2v) is 24.9. The van der Waals surface area contributed by atoms with Crippen molar-refractivity contribution < 1.29 is 4.57 Å². The molecule has 5 aromatic heterocycles. The quantitative estimate of drug-likeness (QED) is 0.123. The Hall–Kier alpha value is -10.2. The number of hydrogen-bond donors (Lipinski definition) is 0. The Morgan fingerprint density at radius 1 is 0.289 bits per heavy atom. The monoisotopic (exact) mass is 1090 g/mol. The molecule has 5 nitrogen and oxygen atoms in total. The number of nitrogens with zero attached hydrogens (tertiary/aromatic N) is 4. The first-order valence-electron chi connectivity index (χ1n) is 27.9. The molecule has 83 heavy (non-hydrogen) atoms. The highest BCUT2D eigenvalue weighted by atomic mass is 32.1. The largest absolute Gasteiger partial charge is 0.309 e. The van der Waals surface area contributed by atoms with Crippen molar-refractivity contribution in [3.63, 3.8) is 0 Å². The number of thiophene rings is 1. The summed E-state index contributed by atoms with van der Waals surface area (Å²) in [6.45, 7) is 0. The number of rotatable bonds is 6. The Bertz CT molecular complexity index is 5430. The van der Waals surface area contributed by atoms with Gasteiger partial charge in [-0.05, 0) is 52.2 Å². The fraction of sp³-hybridized carbons (Fsp3) is 0. The van der Waals surface area contributed by atoms with Gasteiger partial charge in [0.05, 0.1) is 33.5 Å². The predicted octanol–water partition coefficient (Wildman–Crippen LogP) is 19.2. The van der Waals surface area contributed by atoms with E-state index in [9.17, 15) is 4.57 Å². The van der Waals surface area contributed by atoms with Crippen molar-refractivity contribution in [1.82, 2.24) is 19.9 Å². The third kappa shape index (κ3) is 7.86.